The fourth-order valence-electron chi connectivity index (χ4n) is 2.13. The molecule has 0 bridgehead atoms. The van der Waals surface area contributed by atoms with E-state index in [-0.39, 0.29) is 18.0 Å². The van der Waals surface area contributed by atoms with Crippen molar-refractivity contribution >= 4 is 5.97 Å². The molecule has 16 heavy (non-hydrogen) atoms. The zero-order valence-corrected chi connectivity index (χ0v) is 10.5. The molecule has 0 spiro atoms. The Morgan fingerprint density at radius 3 is 2.88 bits per heavy atom. The number of aliphatic hydroxyl groups is 1. The second-order valence-corrected chi connectivity index (χ2v) is 4.75. The predicted molar refractivity (Wildman–Crippen MR) is 62.0 cm³/mol. The number of carbonyl (C=O) groups excluding carboxylic acids is 1. The SMILES string of the molecule is CCOC(=O)C(C)CN1CCC(O)C(C)C1. The lowest BCUT2D eigenvalue weighted by Crippen LogP contribution is -2.44. The van der Waals surface area contributed by atoms with E-state index in [4.69, 9.17) is 4.74 Å². The number of piperidine rings is 1. The third kappa shape index (κ3) is 3.76. The van der Waals surface area contributed by atoms with E-state index < -0.39 is 0 Å². The molecule has 3 unspecified atom stereocenters. The molecular weight excluding hydrogens is 206 g/mol. The van der Waals surface area contributed by atoms with Crippen LogP contribution in [0.15, 0.2) is 0 Å². The minimum atomic E-state index is -0.186. The molecular formula is C12H23NO3. The molecule has 3 atom stereocenters. The Balaban J connectivity index is 2.34. The maximum absolute atomic E-state index is 11.5. The Labute approximate surface area is 97.6 Å². The number of likely N-dealkylation sites (tertiary alicyclic amines) is 1. The highest BCUT2D eigenvalue weighted by Gasteiger charge is 2.26. The van der Waals surface area contributed by atoms with Gasteiger partial charge in [0.2, 0.25) is 0 Å². The first-order chi connectivity index (χ1) is 7.54. The highest BCUT2D eigenvalue weighted by molar-refractivity contribution is 5.72. The van der Waals surface area contributed by atoms with Gasteiger partial charge in [0.1, 0.15) is 0 Å². The largest absolute Gasteiger partial charge is 0.466 e. The number of aliphatic hydroxyl groups excluding tert-OH is 1. The number of hydrogen-bond acceptors (Lipinski definition) is 4. The molecule has 0 aromatic rings. The standard InChI is InChI=1S/C12H23NO3/c1-4-16-12(15)10(3)8-13-6-5-11(14)9(2)7-13/h9-11,14H,4-8H2,1-3H3. The third-order valence-electron chi connectivity index (χ3n) is 3.17. The Kier molecular flexibility index (Phi) is 5.22. The van der Waals surface area contributed by atoms with Gasteiger partial charge < -0.3 is 14.7 Å². The van der Waals surface area contributed by atoms with E-state index in [0.717, 1.165) is 26.1 Å². The second kappa shape index (κ2) is 6.21. The summed E-state index contributed by atoms with van der Waals surface area (Å²) in [6.45, 7) is 8.68. The molecule has 0 aromatic heterocycles. The van der Waals surface area contributed by atoms with Crippen LogP contribution in [-0.4, -0.2) is 48.3 Å². The van der Waals surface area contributed by atoms with Crippen molar-refractivity contribution in [2.75, 3.05) is 26.2 Å². The van der Waals surface area contributed by atoms with Gasteiger partial charge in [0, 0.05) is 19.6 Å². The lowest BCUT2D eigenvalue weighted by molar-refractivity contribution is -0.148. The van der Waals surface area contributed by atoms with Gasteiger partial charge in [-0.25, -0.2) is 0 Å². The van der Waals surface area contributed by atoms with E-state index in [1.165, 1.54) is 0 Å². The summed E-state index contributed by atoms with van der Waals surface area (Å²) in [5.41, 5.74) is 0. The lowest BCUT2D eigenvalue weighted by atomic mass is 9.96. The average Bonchev–Trinajstić information content (AvgIpc) is 2.24. The second-order valence-electron chi connectivity index (χ2n) is 4.75. The van der Waals surface area contributed by atoms with Crippen LogP contribution in [0.4, 0.5) is 0 Å². The minimum absolute atomic E-state index is 0.0811. The molecule has 94 valence electrons. The molecule has 1 aliphatic heterocycles. The summed E-state index contributed by atoms with van der Waals surface area (Å²) in [7, 11) is 0. The number of nitrogens with zero attached hydrogens (tertiary/aromatic N) is 1. The van der Waals surface area contributed by atoms with Gasteiger partial charge >= 0.3 is 5.97 Å². The van der Waals surface area contributed by atoms with Gasteiger partial charge in [-0.1, -0.05) is 13.8 Å². The highest BCUT2D eigenvalue weighted by atomic mass is 16.5. The van der Waals surface area contributed by atoms with Crippen molar-refractivity contribution in [3.05, 3.63) is 0 Å². The summed E-state index contributed by atoms with van der Waals surface area (Å²) in [6.07, 6.45) is 0.616. The molecule has 1 heterocycles. The maximum atomic E-state index is 11.5. The van der Waals surface area contributed by atoms with Crippen LogP contribution in [0.1, 0.15) is 27.2 Å². The molecule has 1 saturated heterocycles. The van der Waals surface area contributed by atoms with Gasteiger partial charge in [0.05, 0.1) is 18.6 Å². The third-order valence-corrected chi connectivity index (χ3v) is 3.17. The molecule has 0 aromatic carbocycles. The zero-order valence-electron chi connectivity index (χ0n) is 10.5. The topological polar surface area (TPSA) is 49.8 Å². The van der Waals surface area contributed by atoms with E-state index in [2.05, 4.69) is 4.90 Å². The van der Waals surface area contributed by atoms with Gasteiger partial charge in [-0.15, -0.1) is 0 Å². The maximum Gasteiger partial charge on any atom is 0.309 e. The van der Waals surface area contributed by atoms with E-state index in [0.29, 0.717) is 12.5 Å². The number of carbonyl (C=O) groups is 1. The molecule has 4 heteroatoms. The van der Waals surface area contributed by atoms with Crippen molar-refractivity contribution < 1.29 is 14.6 Å². The van der Waals surface area contributed by atoms with E-state index in [1.54, 1.807) is 0 Å². The van der Waals surface area contributed by atoms with Crippen LogP contribution in [0.5, 0.6) is 0 Å². The molecule has 1 fully saturated rings. The Morgan fingerprint density at radius 2 is 2.31 bits per heavy atom. The average molecular weight is 229 g/mol. The van der Waals surface area contributed by atoms with Gasteiger partial charge in [-0.2, -0.15) is 0 Å². The van der Waals surface area contributed by atoms with Gasteiger partial charge in [0.15, 0.2) is 0 Å². The number of ether oxygens (including phenoxy) is 1. The van der Waals surface area contributed by atoms with Crippen LogP contribution in [-0.2, 0) is 9.53 Å². The lowest BCUT2D eigenvalue weighted by Gasteiger charge is -2.35. The van der Waals surface area contributed by atoms with Gasteiger partial charge in [-0.3, -0.25) is 4.79 Å². The van der Waals surface area contributed by atoms with E-state index in [1.807, 2.05) is 20.8 Å². The van der Waals surface area contributed by atoms with E-state index in [9.17, 15) is 9.90 Å². The Bertz CT molecular complexity index is 232. The van der Waals surface area contributed by atoms with Crippen LogP contribution >= 0.6 is 0 Å². The van der Waals surface area contributed by atoms with Gasteiger partial charge in [0.25, 0.3) is 0 Å². The normalized spacial score (nSPS) is 28.8. The number of esters is 1. The summed E-state index contributed by atoms with van der Waals surface area (Å²) >= 11 is 0. The Hall–Kier alpha value is -0.610. The van der Waals surface area contributed by atoms with Crippen LogP contribution in [0, 0.1) is 11.8 Å². The highest BCUT2D eigenvalue weighted by Crippen LogP contribution is 2.17. The van der Waals surface area contributed by atoms with E-state index >= 15 is 0 Å². The van der Waals surface area contributed by atoms with Gasteiger partial charge in [-0.05, 0) is 19.3 Å². The first-order valence-electron chi connectivity index (χ1n) is 6.11. The quantitative estimate of drug-likeness (QED) is 0.727. The predicted octanol–water partition coefficient (Wildman–Crippen LogP) is 0.888. The van der Waals surface area contributed by atoms with Crippen molar-refractivity contribution in [2.24, 2.45) is 11.8 Å². The van der Waals surface area contributed by atoms with Crippen molar-refractivity contribution in [2.45, 2.75) is 33.3 Å². The first kappa shape index (κ1) is 13.5. The fraction of sp³-hybridized carbons (Fsp3) is 0.917. The minimum Gasteiger partial charge on any atom is -0.466 e. The molecule has 1 N–H and O–H groups in total. The van der Waals surface area contributed by atoms with Crippen molar-refractivity contribution in [3.8, 4) is 0 Å². The van der Waals surface area contributed by atoms with Crippen LogP contribution < -0.4 is 0 Å². The summed E-state index contributed by atoms with van der Waals surface area (Å²) < 4.78 is 4.98. The summed E-state index contributed by atoms with van der Waals surface area (Å²) in [6, 6.07) is 0. The van der Waals surface area contributed by atoms with Crippen LogP contribution in [0.25, 0.3) is 0 Å². The van der Waals surface area contributed by atoms with Crippen LogP contribution in [0.3, 0.4) is 0 Å². The van der Waals surface area contributed by atoms with Crippen molar-refractivity contribution in [1.82, 2.24) is 4.90 Å². The summed E-state index contributed by atoms with van der Waals surface area (Å²) in [4.78, 5) is 13.7. The number of hydrogen-bond donors (Lipinski definition) is 1. The molecule has 0 radical (unpaired) electrons. The summed E-state index contributed by atoms with van der Waals surface area (Å²) in [5.74, 6) is 0.0896. The summed E-state index contributed by atoms with van der Waals surface area (Å²) in [5, 5.41) is 9.60. The number of rotatable bonds is 4. The molecule has 1 rings (SSSR count). The molecule has 0 saturated carbocycles. The molecule has 1 aliphatic rings. The van der Waals surface area contributed by atoms with Crippen molar-refractivity contribution in [1.29, 1.82) is 0 Å². The zero-order chi connectivity index (χ0) is 12.1. The fourth-order valence-corrected chi connectivity index (χ4v) is 2.13. The molecule has 0 amide bonds. The smallest absolute Gasteiger partial charge is 0.309 e. The van der Waals surface area contributed by atoms with Crippen LogP contribution in [0.2, 0.25) is 0 Å². The van der Waals surface area contributed by atoms with Crippen molar-refractivity contribution in [3.63, 3.8) is 0 Å². The molecule has 0 aliphatic carbocycles. The first-order valence-corrected chi connectivity index (χ1v) is 6.11. The molecule has 4 nitrogen and oxygen atoms in total. The monoisotopic (exact) mass is 229 g/mol. The Morgan fingerprint density at radius 1 is 1.62 bits per heavy atom.